The maximum absolute atomic E-state index is 12.0. The Morgan fingerprint density at radius 3 is 2.88 bits per heavy atom. The van der Waals surface area contributed by atoms with Crippen LogP contribution in [0.25, 0.3) is 0 Å². The summed E-state index contributed by atoms with van der Waals surface area (Å²) in [5.41, 5.74) is 1.59. The van der Waals surface area contributed by atoms with Crippen LogP contribution in [0.2, 0.25) is 0 Å². The van der Waals surface area contributed by atoms with Crippen LogP contribution in [0.5, 0.6) is 0 Å². The van der Waals surface area contributed by atoms with Crippen molar-refractivity contribution in [2.75, 3.05) is 5.32 Å². The molecular weight excluding hydrogens is 331 g/mol. The summed E-state index contributed by atoms with van der Waals surface area (Å²) in [5, 5.41) is 6.93. The molecule has 6 heteroatoms. The fraction of sp³-hybridized carbons (Fsp3) is 0.182. The van der Waals surface area contributed by atoms with Crippen LogP contribution in [0, 0.1) is 10.5 Å². The van der Waals surface area contributed by atoms with Crippen LogP contribution in [0.15, 0.2) is 24.5 Å². The summed E-state index contributed by atoms with van der Waals surface area (Å²) < 4.78 is 2.53. The van der Waals surface area contributed by atoms with Crippen molar-refractivity contribution in [3.8, 4) is 0 Å². The highest BCUT2D eigenvalue weighted by Gasteiger charge is 2.11. The normalized spacial score (nSPS) is 10.3. The van der Waals surface area contributed by atoms with E-state index in [1.807, 2.05) is 20.0 Å². The van der Waals surface area contributed by atoms with Crippen LogP contribution in [0.1, 0.15) is 16.1 Å². The lowest BCUT2D eigenvalue weighted by Crippen LogP contribution is -2.14. The van der Waals surface area contributed by atoms with E-state index in [-0.39, 0.29) is 5.91 Å². The third kappa shape index (κ3) is 2.63. The molecule has 0 fully saturated rings. The molecule has 0 atom stereocenters. The Balaban J connectivity index is 2.20. The minimum absolute atomic E-state index is 0.171. The number of anilines is 1. The Kier molecular flexibility index (Phi) is 3.41. The molecular formula is C11H11IN4O. The van der Waals surface area contributed by atoms with Crippen molar-refractivity contribution < 1.29 is 4.79 Å². The van der Waals surface area contributed by atoms with E-state index in [1.165, 1.54) is 0 Å². The summed E-state index contributed by atoms with van der Waals surface area (Å²) in [5.74, 6) is 0.387. The quantitative estimate of drug-likeness (QED) is 0.849. The molecule has 2 aromatic heterocycles. The lowest BCUT2D eigenvalue weighted by Gasteiger charge is -2.03. The van der Waals surface area contributed by atoms with E-state index in [9.17, 15) is 4.79 Å². The Bertz CT molecular complexity index is 545. The zero-order chi connectivity index (χ0) is 12.4. The molecule has 1 amide bonds. The lowest BCUT2D eigenvalue weighted by atomic mass is 10.2. The molecule has 0 radical (unpaired) electrons. The minimum Gasteiger partial charge on any atom is -0.305 e. The summed E-state index contributed by atoms with van der Waals surface area (Å²) in [6.45, 7) is 1.93. The van der Waals surface area contributed by atoms with Gasteiger partial charge in [0.2, 0.25) is 0 Å². The van der Waals surface area contributed by atoms with Crippen LogP contribution in [0.4, 0.5) is 5.82 Å². The Labute approximate surface area is 112 Å². The van der Waals surface area contributed by atoms with Crippen molar-refractivity contribution in [1.82, 2.24) is 14.8 Å². The molecule has 5 nitrogen and oxygen atoms in total. The number of amides is 1. The number of rotatable bonds is 2. The van der Waals surface area contributed by atoms with Gasteiger partial charge in [-0.2, -0.15) is 5.10 Å². The lowest BCUT2D eigenvalue weighted by molar-refractivity contribution is 0.102. The molecule has 2 heterocycles. The summed E-state index contributed by atoms with van der Waals surface area (Å²) in [6, 6.07) is 3.51. The smallest absolute Gasteiger partial charge is 0.258 e. The van der Waals surface area contributed by atoms with Gasteiger partial charge in [-0.05, 0) is 35.6 Å². The largest absolute Gasteiger partial charge is 0.305 e. The molecule has 0 aliphatic heterocycles. The van der Waals surface area contributed by atoms with E-state index in [0.29, 0.717) is 11.4 Å². The Morgan fingerprint density at radius 1 is 1.53 bits per heavy atom. The van der Waals surface area contributed by atoms with Crippen LogP contribution in [-0.2, 0) is 7.05 Å². The van der Waals surface area contributed by atoms with E-state index in [0.717, 1.165) is 9.26 Å². The molecule has 88 valence electrons. The summed E-state index contributed by atoms with van der Waals surface area (Å²) in [4.78, 5) is 15.9. The molecule has 0 aliphatic carbocycles. The molecule has 0 saturated carbocycles. The number of aryl methyl sites for hydroxylation is 2. The topological polar surface area (TPSA) is 59.8 Å². The highest BCUT2D eigenvalue weighted by Crippen LogP contribution is 2.13. The number of hydrogen-bond donors (Lipinski definition) is 1. The second-order valence-electron chi connectivity index (χ2n) is 3.60. The number of pyridine rings is 1. The number of hydrogen-bond acceptors (Lipinski definition) is 3. The van der Waals surface area contributed by atoms with Crippen LogP contribution >= 0.6 is 22.6 Å². The second-order valence-corrected chi connectivity index (χ2v) is 4.77. The fourth-order valence-electron chi connectivity index (χ4n) is 1.36. The van der Waals surface area contributed by atoms with Gasteiger partial charge in [0, 0.05) is 34.8 Å². The van der Waals surface area contributed by atoms with Crippen LogP contribution < -0.4 is 5.32 Å². The highest BCUT2D eigenvalue weighted by atomic mass is 127. The van der Waals surface area contributed by atoms with Crippen molar-refractivity contribution in [2.45, 2.75) is 6.92 Å². The maximum Gasteiger partial charge on any atom is 0.258 e. The van der Waals surface area contributed by atoms with E-state index in [1.54, 1.807) is 23.1 Å². The summed E-state index contributed by atoms with van der Waals surface area (Å²) >= 11 is 2.08. The van der Waals surface area contributed by atoms with E-state index in [4.69, 9.17) is 0 Å². The standard InChI is InChI=1S/C11H11IN4O/c1-7-5-10(15-16(7)2)14-11(17)8-3-4-13-6-9(8)12/h3-6H,1-2H3,(H,14,15,17). The van der Waals surface area contributed by atoms with Gasteiger partial charge in [-0.1, -0.05) is 0 Å². The number of carbonyl (C=O) groups is 1. The molecule has 0 saturated heterocycles. The Morgan fingerprint density at radius 2 is 2.29 bits per heavy atom. The number of nitrogens with one attached hydrogen (secondary N) is 1. The van der Waals surface area contributed by atoms with Crippen molar-refractivity contribution in [3.05, 3.63) is 39.4 Å². The third-order valence-corrected chi connectivity index (χ3v) is 3.23. The van der Waals surface area contributed by atoms with E-state index in [2.05, 4.69) is 38.0 Å². The summed E-state index contributed by atoms with van der Waals surface area (Å²) in [7, 11) is 1.83. The van der Waals surface area contributed by atoms with Gasteiger partial charge >= 0.3 is 0 Å². The molecule has 0 bridgehead atoms. The molecule has 1 N–H and O–H groups in total. The van der Waals surface area contributed by atoms with Gasteiger partial charge < -0.3 is 5.32 Å². The van der Waals surface area contributed by atoms with Gasteiger partial charge in [-0.3, -0.25) is 14.5 Å². The Hall–Kier alpha value is -1.44. The number of aromatic nitrogens is 3. The van der Waals surface area contributed by atoms with E-state index >= 15 is 0 Å². The molecule has 0 aromatic carbocycles. The van der Waals surface area contributed by atoms with Gasteiger partial charge in [-0.25, -0.2) is 0 Å². The minimum atomic E-state index is -0.171. The first-order chi connectivity index (χ1) is 8.08. The zero-order valence-electron chi connectivity index (χ0n) is 9.44. The van der Waals surface area contributed by atoms with Gasteiger partial charge in [0.15, 0.2) is 5.82 Å². The van der Waals surface area contributed by atoms with Gasteiger partial charge in [0.1, 0.15) is 0 Å². The van der Waals surface area contributed by atoms with Crippen molar-refractivity contribution in [3.63, 3.8) is 0 Å². The van der Waals surface area contributed by atoms with E-state index < -0.39 is 0 Å². The molecule has 0 spiro atoms. The first kappa shape index (κ1) is 12.0. The first-order valence-electron chi connectivity index (χ1n) is 4.99. The second kappa shape index (κ2) is 4.82. The molecule has 0 unspecified atom stereocenters. The average molecular weight is 342 g/mol. The predicted molar refractivity (Wildman–Crippen MR) is 72.9 cm³/mol. The number of nitrogens with zero attached hydrogens (tertiary/aromatic N) is 3. The molecule has 17 heavy (non-hydrogen) atoms. The highest BCUT2D eigenvalue weighted by molar-refractivity contribution is 14.1. The van der Waals surface area contributed by atoms with Crippen molar-refractivity contribution >= 4 is 34.3 Å². The summed E-state index contributed by atoms with van der Waals surface area (Å²) in [6.07, 6.45) is 3.25. The SMILES string of the molecule is Cc1cc(NC(=O)c2ccncc2I)nn1C. The monoisotopic (exact) mass is 342 g/mol. The van der Waals surface area contributed by atoms with Crippen LogP contribution in [-0.4, -0.2) is 20.7 Å². The maximum atomic E-state index is 12.0. The predicted octanol–water partition coefficient (Wildman–Crippen LogP) is 1.98. The zero-order valence-corrected chi connectivity index (χ0v) is 11.6. The molecule has 0 aliphatic rings. The molecule has 2 rings (SSSR count). The van der Waals surface area contributed by atoms with Gasteiger partial charge in [0.05, 0.1) is 5.56 Å². The molecule has 2 aromatic rings. The number of carbonyl (C=O) groups excluding carboxylic acids is 1. The van der Waals surface area contributed by atoms with Gasteiger partial charge in [-0.15, -0.1) is 0 Å². The third-order valence-electron chi connectivity index (χ3n) is 2.37. The van der Waals surface area contributed by atoms with Crippen molar-refractivity contribution in [2.24, 2.45) is 7.05 Å². The van der Waals surface area contributed by atoms with Gasteiger partial charge in [0.25, 0.3) is 5.91 Å². The average Bonchev–Trinajstić information content (AvgIpc) is 2.58. The fourth-order valence-corrected chi connectivity index (χ4v) is 1.95. The van der Waals surface area contributed by atoms with Crippen LogP contribution in [0.3, 0.4) is 0 Å². The number of halogens is 1. The van der Waals surface area contributed by atoms with Crippen molar-refractivity contribution in [1.29, 1.82) is 0 Å². The first-order valence-corrected chi connectivity index (χ1v) is 6.07.